The predicted octanol–water partition coefficient (Wildman–Crippen LogP) is 3.31. The number of methoxy groups -OCH3 is 1. The summed E-state index contributed by atoms with van der Waals surface area (Å²) in [5, 5.41) is 6.38. The lowest BCUT2D eigenvalue weighted by molar-refractivity contribution is 0.415. The molecule has 4 rings (SSSR count). The molecule has 0 radical (unpaired) electrons. The molecule has 3 aromatic rings. The molecule has 7 nitrogen and oxygen atoms in total. The predicted molar refractivity (Wildman–Crippen MR) is 110 cm³/mol. The van der Waals surface area contributed by atoms with Gasteiger partial charge in [0, 0.05) is 17.4 Å². The van der Waals surface area contributed by atoms with Gasteiger partial charge in [-0.3, -0.25) is 14.7 Å². The summed E-state index contributed by atoms with van der Waals surface area (Å²) in [7, 11) is 1.63. The summed E-state index contributed by atoms with van der Waals surface area (Å²) in [5.74, 6) is 1.76. The summed E-state index contributed by atoms with van der Waals surface area (Å²) in [6.45, 7) is 3.82. The van der Waals surface area contributed by atoms with Crippen molar-refractivity contribution < 1.29 is 4.74 Å². The zero-order chi connectivity index (χ0) is 19.7. The summed E-state index contributed by atoms with van der Waals surface area (Å²) in [4.78, 5) is 21.9. The fraction of sp³-hybridized carbons (Fsp3) is 0.190. The van der Waals surface area contributed by atoms with Crippen LogP contribution in [0.1, 0.15) is 23.0 Å². The lowest BCUT2D eigenvalue weighted by Crippen LogP contribution is -2.37. The Balaban J connectivity index is 1.75. The maximum Gasteiger partial charge on any atom is 0.257 e. The van der Waals surface area contributed by atoms with Crippen molar-refractivity contribution in [2.75, 3.05) is 17.7 Å². The highest BCUT2D eigenvalue weighted by molar-refractivity contribution is 6.03. The number of aromatic nitrogens is 2. The van der Waals surface area contributed by atoms with Crippen molar-refractivity contribution in [1.29, 1.82) is 0 Å². The Morgan fingerprint density at radius 3 is 2.46 bits per heavy atom. The molecule has 0 saturated carbocycles. The molecule has 0 spiro atoms. The van der Waals surface area contributed by atoms with Crippen LogP contribution >= 0.6 is 0 Å². The third kappa shape index (κ3) is 3.46. The van der Waals surface area contributed by atoms with Crippen LogP contribution in [-0.4, -0.2) is 22.6 Å². The van der Waals surface area contributed by atoms with Crippen molar-refractivity contribution in [2.45, 2.75) is 20.0 Å². The first kappa shape index (κ1) is 17.8. The minimum atomic E-state index is -0.502. The van der Waals surface area contributed by atoms with E-state index in [4.69, 9.17) is 9.73 Å². The first-order valence-corrected chi connectivity index (χ1v) is 8.96. The lowest BCUT2D eigenvalue weighted by atomic mass is 10.1. The lowest BCUT2D eigenvalue weighted by Gasteiger charge is -2.27. The minimum absolute atomic E-state index is 0.146. The zero-order valence-corrected chi connectivity index (χ0v) is 15.9. The molecule has 0 saturated heterocycles. The number of aliphatic imine (C=N–C) groups is 1. The third-order valence-electron chi connectivity index (χ3n) is 4.53. The molecule has 1 aromatic heterocycles. The Kier molecular flexibility index (Phi) is 4.57. The quantitative estimate of drug-likeness (QED) is 0.734. The number of hydrogen-bond acceptors (Lipinski definition) is 6. The molecule has 1 atom stereocenters. The molecule has 2 N–H and O–H groups in total. The van der Waals surface area contributed by atoms with Gasteiger partial charge in [-0.05, 0) is 43.7 Å². The van der Waals surface area contributed by atoms with Gasteiger partial charge in [0.25, 0.3) is 5.56 Å². The smallest absolute Gasteiger partial charge is 0.257 e. The first-order chi connectivity index (χ1) is 13.5. The average molecular weight is 375 g/mol. The Morgan fingerprint density at radius 1 is 1.07 bits per heavy atom. The molecule has 0 amide bonds. The van der Waals surface area contributed by atoms with Crippen molar-refractivity contribution in [3.63, 3.8) is 0 Å². The summed E-state index contributed by atoms with van der Waals surface area (Å²) >= 11 is 0. The van der Waals surface area contributed by atoms with Crippen LogP contribution in [-0.2, 0) is 0 Å². The topological polar surface area (TPSA) is 80.5 Å². The van der Waals surface area contributed by atoms with E-state index < -0.39 is 6.17 Å². The Bertz CT molecular complexity index is 1090. The normalized spacial score (nSPS) is 15.2. The number of fused-ring (bicyclic) bond motifs is 1. The van der Waals surface area contributed by atoms with E-state index in [0.717, 1.165) is 22.6 Å². The van der Waals surface area contributed by atoms with Crippen molar-refractivity contribution >= 4 is 17.6 Å². The number of benzene rings is 2. The highest BCUT2D eigenvalue weighted by Crippen LogP contribution is 2.26. The Morgan fingerprint density at radius 2 is 1.79 bits per heavy atom. The van der Waals surface area contributed by atoms with Gasteiger partial charge in [0.1, 0.15) is 5.75 Å². The largest absolute Gasteiger partial charge is 0.497 e. The molecular weight excluding hydrogens is 354 g/mol. The zero-order valence-electron chi connectivity index (χ0n) is 15.9. The van der Waals surface area contributed by atoms with Crippen molar-refractivity contribution in [1.82, 2.24) is 9.55 Å². The SMILES string of the molecule is COc1ccc(NC2=N[C@H](c3ccc(C)cc3)n3c(nc(C)cc3=O)N2)cc1. The van der Waals surface area contributed by atoms with Crippen molar-refractivity contribution in [3.8, 4) is 5.75 Å². The summed E-state index contributed by atoms with van der Waals surface area (Å²) in [6.07, 6.45) is -0.502. The van der Waals surface area contributed by atoms with Gasteiger partial charge in [-0.1, -0.05) is 29.8 Å². The molecule has 2 aromatic carbocycles. The van der Waals surface area contributed by atoms with Gasteiger partial charge in [-0.25, -0.2) is 9.98 Å². The van der Waals surface area contributed by atoms with E-state index in [-0.39, 0.29) is 5.56 Å². The molecule has 1 aliphatic heterocycles. The van der Waals surface area contributed by atoms with Crippen molar-refractivity contribution in [3.05, 3.63) is 81.8 Å². The number of ether oxygens (including phenoxy) is 1. The molecule has 0 bridgehead atoms. The summed E-state index contributed by atoms with van der Waals surface area (Å²) in [5.41, 5.74) is 3.41. The molecule has 1 aliphatic rings. The maximum absolute atomic E-state index is 12.7. The Labute approximate surface area is 162 Å². The van der Waals surface area contributed by atoms with Gasteiger partial charge in [0.15, 0.2) is 6.17 Å². The fourth-order valence-electron chi connectivity index (χ4n) is 3.09. The second kappa shape index (κ2) is 7.19. The molecule has 7 heteroatoms. The molecule has 0 unspecified atom stereocenters. The van der Waals surface area contributed by atoms with E-state index in [1.807, 2.05) is 55.5 Å². The molecule has 0 aliphatic carbocycles. The van der Waals surface area contributed by atoms with E-state index in [9.17, 15) is 4.79 Å². The second-order valence-electron chi connectivity index (χ2n) is 6.67. The van der Waals surface area contributed by atoms with Crippen LogP contribution in [0.25, 0.3) is 0 Å². The summed E-state index contributed by atoms with van der Waals surface area (Å²) in [6, 6.07) is 17.0. The van der Waals surface area contributed by atoms with Gasteiger partial charge in [-0.15, -0.1) is 0 Å². The van der Waals surface area contributed by atoms with Crippen LogP contribution in [0.2, 0.25) is 0 Å². The highest BCUT2D eigenvalue weighted by Gasteiger charge is 2.25. The van der Waals surface area contributed by atoms with Gasteiger partial charge < -0.3 is 10.1 Å². The fourth-order valence-corrected chi connectivity index (χ4v) is 3.09. The van der Waals surface area contributed by atoms with Crippen LogP contribution in [0, 0.1) is 13.8 Å². The summed E-state index contributed by atoms with van der Waals surface area (Å²) < 4.78 is 6.76. The molecule has 28 heavy (non-hydrogen) atoms. The molecule has 2 heterocycles. The maximum atomic E-state index is 12.7. The average Bonchev–Trinajstić information content (AvgIpc) is 2.68. The Hall–Kier alpha value is -3.61. The van der Waals surface area contributed by atoms with Crippen LogP contribution in [0.4, 0.5) is 11.6 Å². The third-order valence-corrected chi connectivity index (χ3v) is 4.53. The minimum Gasteiger partial charge on any atom is -0.497 e. The van der Waals surface area contributed by atoms with Gasteiger partial charge in [0.05, 0.1) is 7.11 Å². The van der Waals surface area contributed by atoms with E-state index in [2.05, 4.69) is 15.6 Å². The number of hydrogen-bond donors (Lipinski definition) is 2. The monoisotopic (exact) mass is 375 g/mol. The number of anilines is 2. The standard InChI is InChI=1S/C21H21N5O2/c1-13-4-6-15(7-5-13)19-24-20(23-16-8-10-17(28-3)11-9-16)25-21-22-14(2)12-18(27)26(19)21/h4-12,19H,1-3H3,(H2,22,23,24,25)/t19-/m0/s1. The van der Waals surface area contributed by atoms with E-state index in [1.165, 1.54) is 6.07 Å². The number of nitrogens with one attached hydrogen (secondary N) is 2. The van der Waals surface area contributed by atoms with Crippen molar-refractivity contribution in [2.24, 2.45) is 4.99 Å². The number of guanidine groups is 1. The first-order valence-electron chi connectivity index (χ1n) is 8.96. The number of rotatable bonds is 3. The molecular formula is C21H21N5O2. The van der Waals surface area contributed by atoms with Crippen LogP contribution in [0.5, 0.6) is 5.75 Å². The number of aryl methyl sites for hydroxylation is 2. The van der Waals surface area contributed by atoms with Gasteiger partial charge in [0.2, 0.25) is 11.9 Å². The van der Waals surface area contributed by atoms with Crippen LogP contribution in [0.3, 0.4) is 0 Å². The van der Waals surface area contributed by atoms with E-state index in [1.54, 1.807) is 18.6 Å². The van der Waals surface area contributed by atoms with E-state index in [0.29, 0.717) is 17.6 Å². The number of nitrogens with zero attached hydrogens (tertiary/aromatic N) is 3. The molecule has 0 fully saturated rings. The van der Waals surface area contributed by atoms with E-state index >= 15 is 0 Å². The van der Waals surface area contributed by atoms with Crippen LogP contribution < -0.4 is 20.9 Å². The second-order valence-corrected chi connectivity index (χ2v) is 6.67. The molecule has 142 valence electrons. The van der Waals surface area contributed by atoms with Crippen LogP contribution in [0.15, 0.2) is 64.4 Å². The van der Waals surface area contributed by atoms with Gasteiger partial charge in [-0.2, -0.15) is 0 Å². The van der Waals surface area contributed by atoms with Gasteiger partial charge >= 0.3 is 0 Å². The highest BCUT2D eigenvalue weighted by atomic mass is 16.5.